The topological polar surface area (TPSA) is 75.6 Å². The van der Waals surface area contributed by atoms with E-state index in [-0.39, 0.29) is 17.3 Å². The highest BCUT2D eigenvalue weighted by molar-refractivity contribution is 7.89. The van der Waals surface area contributed by atoms with Gasteiger partial charge in [-0.3, -0.25) is 0 Å². The fraction of sp³-hybridized carbons (Fsp3) is 0.241. The second kappa shape index (κ2) is 9.81. The highest BCUT2D eigenvalue weighted by atomic mass is 32.2. The highest BCUT2D eigenvalue weighted by Gasteiger charge is 2.33. The number of aryl methyl sites for hydroxylation is 1. The first-order valence-corrected chi connectivity index (χ1v) is 14.0. The Morgan fingerprint density at radius 1 is 0.868 bits per heavy atom. The van der Waals surface area contributed by atoms with Gasteiger partial charge in [0.1, 0.15) is 11.6 Å². The molecule has 0 saturated carbocycles. The molecule has 0 aliphatic carbocycles. The summed E-state index contributed by atoms with van der Waals surface area (Å²) in [7, 11) is -3.74. The van der Waals surface area contributed by atoms with Crippen molar-refractivity contribution in [3.05, 3.63) is 107 Å². The maximum atomic E-state index is 13.9. The summed E-state index contributed by atoms with van der Waals surface area (Å²) in [6.45, 7) is 3.65. The van der Waals surface area contributed by atoms with E-state index in [4.69, 9.17) is 14.7 Å². The minimum absolute atomic E-state index is 0.0688. The summed E-state index contributed by atoms with van der Waals surface area (Å²) in [5, 5.41) is 0. The number of fused-ring (bicyclic) bond motifs is 2. The number of rotatable bonds is 5. The van der Waals surface area contributed by atoms with E-state index >= 15 is 0 Å². The van der Waals surface area contributed by atoms with Crippen molar-refractivity contribution in [1.82, 2.24) is 14.3 Å². The van der Waals surface area contributed by atoms with E-state index < -0.39 is 15.8 Å². The first-order chi connectivity index (χ1) is 18.4. The molecule has 0 saturated heterocycles. The molecule has 9 heteroatoms. The third-order valence-electron chi connectivity index (χ3n) is 7.03. The highest BCUT2D eigenvalue weighted by Crippen LogP contribution is 2.34. The Kier molecular flexibility index (Phi) is 6.33. The van der Waals surface area contributed by atoms with Crippen molar-refractivity contribution >= 4 is 16.0 Å². The van der Waals surface area contributed by atoms with Crippen LogP contribution in [0.3, 0.4) is 0 Å². The summed E-state index contributed by atoms with van der Waals surface area (Å²) < 4.78 is 48.5. The Bertz CT molecular complexity index is 1630. The lowest BCUT2D eigenvalue weighted by molar-refractivity contribution is 0.368. The number of benzene rings is 3. The molecule has 0 bridgehead atoms. The SMILES string of the molecule is Cc1cccc(S(=O)(=O)N2CCc3nc(N4CCc5ccccc5C4)nc(Oc4cccc(F)c4)c3C2)c1. The number of nitrogens with zero attached hydrogens (tertiary/aromatic N) is 4. The number of aromatic nitrogens is 2. The van der Waals surface area contributed by atoms with Crippen LogP contribution in [0.4, 0.5) is 10.3 Å². The summed E-state index contributed by atoms with van der Waals surface area (Å²) in [5.41, 5.74) is 4.75. The fourth-order valence-electron chi connectivity index (χ4n) is 5.01. The second-order valence-electron chi connectivity index (χ2n) is 9.66. The first kappa shape index (κ1) is 24.5. The first-order valence-electron chi connectivity index (χ1n) is 12.6. The summed E-state index contributed by atoms with van der Waals surface area (Å²) in [5.74, 6) is 0.639. The van der Waals surface area contributed by atoms with Crippen LogP contribution < -0.4 is 9.64 Å². The Balaban J connectivity index is 1.38. The lowest BCUT2D eigenvalue weighted by atomic mass is 10.0. The van der Waals surface area contributed by atoms with Gasteiger partial charge < -0.3 is 9.64 Å². The number of sulfonamides is 1. The number of hydrogen-bond donors (Lipinski definition) is 0. The second-order valence-corrected chi connectivity index (χ2v) is 11.6. The lowest BCUT2D eigenvalue weighted by Crippen LogP contribution is -2.37. The number of ether oxygens (including phenoxy) is 1. The van der Waals surface area contributed by atoms with Gasteiger partial charge >= 0.3 is 0 Å². The molecule has 0 N–H and O–H groups in total. The molecule has 3 aromatic carbocycles. The van der Waals surface area contributed by atoms with Crippen LogP contribution in [0.2, 0.25) is 0 Å². The van der Waals surface area contributed by atoms with Crippen LogP contribution in [-0.4, -0.2) is 35.8 Å². The fourth-order valence-corrected chi connectivity index (χ4v) is 6.53. The van der Waals surface area contributed by atoms with Gasteiger partial charge in [-0.2, -0.15) is 9.29 Å². The van der Waals surface area contributed by atoms with Gasteiger partial charge in [0.15, 0.2) is 0 Å². The van der Waals surface area contributed by atoms with Gasteiger partial charge in [-0.15, -0.1) is 0 Å². The van der Waals surface area contributed by atoms with Crippen LogP contribution in [0.15, 0.2) is 77.7 Å². The summed E-state index contributed by atoms with van der Waals surface area (Å²) in [4.78, 5) is 12.0. The van der Waals surface area contributed by atoms with E-state index in [1.54, 1.807) is 30.3 Å². The van der Waals surface area contributed by atoms with E-state index in [9.17, 15) is 12.8 Å². The average molecular weight is 531 g/mol. The molecule has 38 heavy (non-hydrogen) atoms. The zero-order valence-corrected chi connectivity index (χ0v) is 21.8. The molecule has 194 valence electrons. The summed E-state index contributed by atoms with van der Waals surface area (Å²) in [6, 6.07) is 21.1. The third kappa shape index (κ3) is 4.75. The monoisotopic (exact) mass is 530 g/mol. The number of hydrogen-bond acceptors (Lipinski definition) is 6. The molecule has 6 rings (SSSR count). The Morgan fingerprint density at radius 3 is 2.50 bits per heavy atom. The molecule has 1 aromatic heterocycles. The molecule has 0 radical (unpaired) electrons. The Labute approximate surface area is 221 Å². The van der Waals surface area contributed by atoms with E-state index in [1.165, 1.54) is 27.6 Å². The predicted molar refractivity (Wildman–Crippen MR) is 142 cm³/mol. The van der Waals surface area contributed by atoms with Crippen molar-refractivity contribution in [3.8, 4) is 11.6 Å². The van der Waals surface area contributed by atoms with E-state index in [0.29, 0.717) is 36.8 Å². The van der Waals surface area contributed by atoms with Crippen LogP contribution in [0.5, 0.6) is 11.6 Å². The number of anilines is 1. The molecular formula is C29H27FN4O3S. The van der Waals surface area contributed by atoms with Crippen LogP contribution >= 0.6 is 0 Å². The average Bonchev–Trinajstić information content (AvgIpc) is 2.92. The zero-order valence-electron chi connectivity index (χ0n) is 21.0. The molecule has 0 spiro atoms. The van der Waals surface area contributed by atoms with Gasteiger partial charge in [0.2, 0.25) is 21.9 Å². The van der Waals surface area contributed by atoms with Crippen LogP contribution in [0, 0.1) is 12.7 Å². The van der Waals surface area contributed by atoms with E-state index in [2.05, 4.69) is 17.0 Å². The molecular weight excluding hydrogens is 503 g/mol. The van der Waals surface area contributed by atoms with Crippen LogP contribution in [0.25, 0.3) is 0 Å². The Hall–Kier alpha value is -3.82. The van der Waals surface area contributed by atoms with Gasteiger partial charge in [0.05, 0.1) is 16.2 Å². The molecule has 0 amide bonds. The predicted octanol–water partition coefficient (Wildman–Crippen LogP) is 5.03. The summed E-state index contributed by atoms with van der Waals surface area (Å²) >= 11 is 0. The van der Waals surface area contributed by atoms with Crippen LogP contribution in [0.1, 0.15) is 27.9 Å². The van der Waals surface area contributed by atoms with Gasteiger partial charge in [-0.25, -0.2) is 17.8 Å². The lowest BCUT2D eigenvalue weighted by Gasteiger charge is -2.32. The molecule has 0 fully saturated rings. The van der Waals surface area contributed by atoms with Gasteiger partial charge in [-0.1, -0.05) is 42.5 Å². The van der Waals surface area contributed by atoms with Gasteiger partial charge in [0.25, 0.3) is 0 Å². The maximum Gasteiger partial charge on any atom is 0.243 e. The Morgan fingerprint density at radius 2 is 1.68 bits per heavy atom. The quantitative estimate of drug-likeness (QED) is 0.361. The smallest absolute Gasteiger partial charge is 0.243 e. The van der Waals surface area contributed by atoms with Crippen molar-refractivity contribution in [2.75, 3.05) is 18.0 Å². The molecule has 0 atom stereocenters. The van der Waals surface area contributed by atoms with Crippen molar-refractivity contribution in [2.24, 2.45) is 0 Å². The molecule has 2 aliphatic heterocycles. The molecule has 3 heterocycles. The van der Waals surface area contributed by atoms with E-state index in [1.807, 2.05) is 25.1 Å². The van der Waals surface area contributed by atoms with Crippen molar-refractivity contribution in [1.29, 1.82) is 0 Å². The van der Waals surface area contributed by atoms with Crippen LogP contribution in [-0.2, 0) is 36.0 Å². The number of halogens is 1. The largest absolute Gasteiger partial charge is 0.438 e. The van der Waals surface area contributed by atoms with Gasteiger partial charge in [0, 0.05) is 38.7 Å². The summed E-state index contributed by atoms with van der Waals surface area (Å²) in [6.07, 6.45) is 1.29. The standard InChI is InChI=1S/C29H27FN4O3S/c1-20-6-4-11-25(16-20)38(35,36)34-15-13-27-26(19-34)28(37-24-10-5-9-23(30)17-24)32-29(31-27)33-14-12-21-7-2-3-8-22(21)18-33/h2-11,16-17H,12-15,18-19H2,1H3. The minimum Gasteiger partial charge on any atom is -0.438 e. The molecule has 4 aromatic rings. The van der Waals surface area contributed by atoms with E-state index in [0.717, 1.165) is 24.2 Å². The maximum absolute atomic E-state index is 13.9. The van der Waals surface area contributed by atoms with Crippen molar-refractivity contribution < 1.29 is 17.5 Å². The normalized spacial score (nSPS) is 15.6. The van der Waals surface area contributed by atoms with Gasteiger partial charge in [-0.05, 0) is 54.3 Å². The molecule has 0 unspecified atom stereocenters. The zero-order chi connectivity index (χ0) is 26.3. The van der Waals surface area contributed by atoms with Crippen molar-refractivity contribution in [2.45, 2.75) is 37.8 Å². The minimum atomic E-state index is -3.74. The molecule has 7 nitrogen and oxygen atoms in total. The van der Waals surface area contributed by atoms with Crippen molar-refractivity contribution in [3.63, 3.8) is 0 Å². The third-order valence-corrected chi connectivity index (χ3v) is 8.87. The molecule has 2 aliphatic rings.